The minimum absolute atomic E-state index is 0.0752. The number of carbonyl (C=O) groups excluding carboxylic acids is 2. The van der Waals surface area contributed by atoms with Crippen molar-refractivity contribution in [1.29, 1.82) is 0 Å². The molecule has 3 rings (SSSR count). The Kier molecular flexibility index (Phi) is 4.93. The van der Waals surface area contributed by atoms with E-state index in [0.717, 1.165) is 0 Å². The maximum absolute atomic E-state index is 12.5. The summed E-state index contributed by atoms with van der Waals surface area (Å²) in [5.74, 6) is -2.08. The third kappa shape index (κ3) is 3.66. The first-order valence-corrected chi connectivity index (χ1v) is 8.72. The number of carboxylic acids is 1. The molecular weight excluding hydrogens is 372 g/mol. The van der Waals surface area contributed by atoms with E-state index in [4.69, 9.17) is 11.6 Å². The third-order valence-electron chi connectivity index (χ3n) is 4.59. The van der Waals surface area contributed by atoms with E-state index in [1.165, 1.54) is 35.8 Å². The van der Waals surface area contributed by atoms with Crippen LogP contribution in [0.4, 0.5) is 11.4 Å². The second-order valence-corrected chi connectivity index (χ2v) is 7.29. The number of anilines is 2. The molecule has 1 saturated heterocycles. The predicted molar refractivity (Wildman–Crippen MR) is 99.7 cm³/mol. The molecule has 2 aromatic rings. The van der Waals surface area contributed by atoms with E-state index in [0.29, 0.717) is 16.4 Å². The molecule has 1 unspecified atom stereocenters. The Morgan fingerprint density at radius 3 is 2.70 bits per heavy atom. The van der Waals surface area contributed by atoms with E-state index in [1.54, 1.807) is 24.3 Å². The van der Waals surface area contributed by atoms with Crippen molar-refractivity contribution < 1.29 is 19.5 Å². The second kappa shape index (κ2) is 7.03. The largest absolute Gasteiger partial charge is 0.479 e. The highest BCUT2D eigenvalue weighted by Crippen LogP contribution is 2.31. The number of para-hydroxylation sites is 1. The molecule has 0 aliphatic carbocycles. The maximum atomic E-state index is 12.5. The molecule has 1 aliphatic rings. The van der Waals surface area contributed by atoms with E-state index in [2.05, 4.69) is 10.4 Å². The van der Waals surface area contributed by atoms with Gasteiger partial charge in [-0.05, 0) is 26.0 Å². The summed E-state index contributed by atoms with van der Waals surface area (Å²) in [6.45, 7) is 3.24. The standard InChI is InChI=1S/C18H19ClN4O4/c1-18(2,17(26)27)23-10-12(8-20-23)21-16(25)11-7-15(24)22(9-11)14-6-4-3-5-13(14)19/h3-6,8,10-11H,7,9H2,1-2H3,(H,21,25)(H,26,27). The van der Waals surface area contributed by atoms with Gasteiger partial charge in [0.05, 0.1) is 28.5 Å². The number of rotatable bonds is 5. The van der Waals surface area contributed by atoms with E-state index in [-0.39, 0.29) is 24.8 Å². The monoisotopic (exact) mass is 390 g/mol. The molecule has 0 saturated carbocycles. The molecule has 142 valence electrons. The fraction of sp³-hybridized carbons (Fsp3) is 0.333. The predicted octanol–water partition coefficient (Wildman–Crippen LogP) is 2.35. The van der Waals surface area contributed by atoms with Gasteiger partial charge in [-0.3, -0.25) is 14.3 Å². The van der Waals surface area contributed by atoms with Crippen molar-refractivity contribution in [2.75, 3.05) is 16.8 Å². The molecule has 1 aromatic carbocycles. The molecular formula is C18H19ClN4O4. The number of aromatic nitrogens is 2. The van der Waals surface area contributed by atoms with Crippen LogP contribution in [0.5, 0.6) is 0 Å². The van der Waals surface area contributed by atoms with Crippen LogP contribution in [0.2, 0.25) is 5.02 Å². The summed E-state index contributed by atoms with van der Waals surface area (Å²) >= 11 is 6.14. The fourth-order valence-electron chi connectivity index (χ4n) is 2.82. The van der Waals surface area contributed by atoms with E-state index >= 15 is 0 Å². The van der Waals surface area contributed by atoms with Crippen molar-refractivity contribution in [3.63, 3.8) is 0 Å². The lowest BCUT2D eigenvalue weighted by atomic mass is 10.1. The van der Waals surface area contributed by atoms with Crippen LogP contribution in [0, 0.1) is 5.92 Å². The van der Waals surface area contributed by atoms with Crippen molar-refractivity contribution >= 4 is 40.8 Å². The molecule has 2 amide bonds. The Balaban J connectivity index is 1.69. The van der Waals surface area contributed by atoms with Gasteiger partial charge in [0, 0.05) is 19.2 Å². The van der Waals surface area contributed by atoms with Crippen molar-refractivity contribution in [2.24, 2.45) is 5.92 Å². The lowest BCUT2D eigenvalue weighted by Gasteiger charge is -2.19. The highest BCUT2D eigenvalue weighted by atomic mass is 35.5. The van der Waals surface area contributed by atoms with Gasteiger partial charge in [-0.2, -0.15) is 5.10 Å². The Morgan fingerprint density at radius 2 is 2.04 bits per heavy atom. The van der Waals surface area contributed by atoms with Gasteiger partial charge in [-0.15, -0.1) is 0 Å². The molecule has 0 radical (unpaired) electrons. The zero-order chi connectivity index (χ0) is 19.8. The van der Waals surface area contributed by atoms with Crippen LogP contribution in [0.25, 0.3) is 0 Å². The normalized spacial score (nSPS) is 17.2. The number of aliphatic carboxylic acids is 1. The SMILES string of the molecule is CC(C)(C(=O)O)n1cc(NC(=O)C2CC(=O)N(c3ccccc3Cl)C2)cn1. The summed E-state index contributed by atoms with van der Waals surface area (Å²) in [5, 5.41) is 16.4. The topological polar surface area (TPSA) is 105 Å². The van der Waals surface area contributed by atoms with E-state index in [9.17, 15) is 19.5 Å². The van der Waals surface area contributed by atoms with Crippen molar-refractivity contribution in [3.05, 3.63) is 41.7 Å². The van der Waals surface area contributed by atoms with Gasteiger partial charge in [-0.25, -0.2) is 4.79 Å². The van der Waals surface area contributed by atoms with Gasteiger partial charge >= 0.3 is 5.97 Å². The van der Waals surface area contributed by atoms with Crippen LogP contribution in [-0.2, 0) is 19.9 Å². The van der Waals surface area contributed by atoms with E-state index < -0.39 is 17.4 Å². The number of carbonyl (C=O) groups is 3. The van der Waals surface area contributed by atoms with Crippen LogP contribution in [0.1, 0.15) is 20.3 Å². The molecule has 0 spiro atoms. The van der Waals surface area contributed by atoms with Crippen molar-refractivity contribution in [2.45, 2.75) is 25.8 Å². The van der Waals surface area contributed by atoms with Crippen LogP contribution in [0.3, 0.4) is 0 Å². The molecule has 1 aromatic heterocycles. The molecule has 1 fully saturated rings. The van der Waals surface area contributed by atoms with Crippen molar-refractivity contribution in [3.8, 4) is 0 Å². The minimum atomic E-state index is -1.24. The zero-order valence-electron chi connectivity index (χ0n) is 14.8. The molecule has 1 aliphatic heterocycles. The number of carboxylic acid groups (broad SMARTS) is 1. The van der Waals surface area contributed by atoms with Gasteiger partial charge in [0.1, 0.15) is 0 Å². The Morgan fingerprint density at radius 1 is 1.33 bits per heavy atom. The average Bonchev–Trinajstić information content (AvgIpc) is 3.22. The first kappa shape index (κ1) is 18.9. The smallest absolute Gasteiger partial charge is 0.331 e. The van der Waals surface area contributed by atoms with Gasteiger partial charge in [0.15, 0.2) is 5.54 Å². The number of nitrogens with zero attached hydrogens (tertiary/aromatic N) is 3. The van der Waals surface area contributed by atoms with Crippen LogP contribution in [-0.4, -0.2) is 39.2 Å². The summed E-state index contributed by atoms with van der Waals surface area (Å²) in [5.41, 5.74) is -0.291. The number of hydrogen-bond donors (Lipinski definition) is 2. The number of nitrogens with one attached hydrogen (secondary N) is 1. The quantitative estimate of drug-likeness (QED) is 0.815. The molecule has 0 bridgehead atoms. The molecule has 8 nitrogen and oxygen atoms in total. The number of benzene rings is 1. The Hall–Kier alpha value is -2.87. The lowest BCUT2D eigenvalue weighted by Crippen LogP contribution is -2.36. The van der Waals surface area contributed by atoms with Gasteiger partial charge in [0.2, 0.25) is 11.8 Å². The summed E-state index contributed by atoms with van der Waals surface area (Å²) in [6.07, 6.45) is 2.91. The number of amides is 2. The maximum Gasteiger partial charge on any atom is 0.331 e. The Labute approximate surface area is 160 Å². The van der Waals surface area contributed by atoms with Crippen LogP contribution in [0.15, 0.2) is 36.7 Å². The first-order valence-electron chi connectivity index (χ1n) is 8.34. The molecule has 2 heterocycles. The second-order valence-electron chi connectivity index (χ2n) is 6.88. The summed E-state index contributed by atoms with van der Waals surface area (Å²) in [7, 11) is 0. The molecule has 9 heteroatoms. The van der Waals surface area contributed by atoms with Crippen LogP contribution < -0.4 is 10.2 Å². The number of halogens is 1. The molecule has 1 atom stereocenters. The van der Waals surface area contributed by atoms with Crippen LogP contribution >= 0.6 is 11.6 Å². The molecule has 2 N–H and O–H groups in total. The fourth-order valence-corrected chi connectivity index (χ4v) is 3.06. The van der Waals surface area contributed by atoms with Gasteiger partial charge in [-0.1, -0.05) is 23.7 Å². The van der Waals surface area contributed by atoms with Gasteiger partial charge < -0.3 is 15.3 Å². The summed E-state index contributed by atoms with van der Waals surface area (Å²) in [4.78, 5) is 37.6. The van der Waals surface area contributed by atoms with Crippen molar-refractivity contribution in [1.82, 2.24) is 9.78 Å². The van der Waals surface area contributed by atoms with Gasteiger partial charge in [0.25, 0.3) is 0 Å². The van der Waals surface area contributed by atoms with E-state index in [1.807, 2.05) is 0 Å². The zero-order valence-corrected chi connectivity index (χ0v) is 15.6. The third-order valence-corrected chi connectivity index (χ3v) is 4.90. The lowest BCUT2D eigenvalue weighted by molar-refractivity contribution is -0.146. The summed E-state index contributed by atoms with van der Waals surface area (Å²) < 4.78 is 1.26. The first-order chi connectivity index (χ1) is 12.7. The highest BCUT2D eigenvalue weighted by molar-refractivity contribution is 6.33. The summed E-state index contributed by atoms with van der Waals surface area (Å²) in [6, 6.07) is 6.97. The average molecular weight is 391 g/mol. The number of hydrogen-bond acceptors (Lipinski definition) is 4. The molecule has 27 heavy (non-hydrogen) atoms. The Bertz CT molecular complexity index is 908. The minimum Gasteiger partial charge on any atom is -0.479 e. The highest BCUT2D eigenvalue weighted by Gasteiger charge is 2.36.